The summed E-state index contributed by atoms with van der Waals surface area (Å²) in [5, 5.41) is 3.86. The summed E-state index contributed by atoms with van der Waals surface area (Å²) in [7, 11) is 0. The Labute approximate surface area is 188 Å². The molecule has 0 aliphatic heterocycles. The molecule has 0 saturated carbocycles. The Bertz CT molecular complexity index is 1220. The first-order valence-electron chi connectivity index (χ1n) is 10.1. The largest absolute Gasteiger partial charge is 0.456 e. The number of nitrogens with zero attached hydrogens (tertiary/aromatic N) is 2. The number of thiophene rings is 1. The van der Waals surface area contributed by atoms with E-state index in [4.69, 9.17) is 16.3 Å². The van der Waals surface area contributed by atoms with E-state index in [1.807, 2.05) is 6.92 Å². The third kappa shape index (κ3) is 4.80. The van der Waals surface area contributed by atoms with Gasteiger partial charge in [-0.1, -0.05) is 17.7 Å². The van der Waals surface area contributed by atoms with Crippen LogP contribution in [0.5, 0.6) is 0 Å². The number of fused-ring (bicyclic) bond motifs is 3. The highest BCUT2D eigenvalue weighted by molar-refractivity contribution is 7.18. The average Bonchev–Trinajstić information content (AvgIpc) is 3.14. The van der Waals surface area contributed by atoms with Crippen LogP contribution in [-0.4, -0.2) is 28.0 Å². The molecule has 2 aromatic heterocycles. The summed E-state index contributed by atoms with van der Waals surface area (Å²) < 4.78 is 6.48. The molecule has 7 nitrogen and oxygen atoms in total. The summed E-state index contributed by atoms with van der Waals surface area (Å²) in [6, 6.07) is 5.14. The maximum atomic E-state index is 12.9. The van der Waals surface area contributed by atoms with Gasteiger partial charge in [0.1, 0.15) is 4.83 Å². The van der Waals surface area contributed by atoms with Gasteiger partial charge >= 0.3 is 5.97 Å². The number of ether oxygens (including phenoxy) is 1. The quantitative estimate of drug-likeness (QED) is 0.565. The second-order valence-corrected chi connectivity index (χ2v) is 9.05. The van der Waals surface area contributed by atoms with Crippen LogP contribution >= 0.6 is 22.9 Å². The van der Waals surface area contributed by atoms with Gasteiger partial charge in [0.15, 0.2) is 6.61 Å². The molecule has 0 unspecified atom stereocenters. The van der Waals surface area contributed by atoms with Crippen LogP contribution < -0.4 is 10.9 Å². The lowest BCUT2D eigenvalue weighted by Gasteiger charge is -2.10. The Morgan fingerprint density at radius 3 is 2.90 bits per heavy atom. The first kappa shape index (κ1) is 21.5. The van der Waals surface area contributed by atoms with Crippen molar-refractivity contribution in [3.63, 3.8) is 0 Å². The van der Waals surface area contributed by atoms with Gasteiger partial charge in [0.2, 0.25) is 0 Å². The molecule has 1 aliphatic carbocycles. The normalized spacial score (nSPS) is 13.1. The second kappa shape index (κ2) is 9.20. The Kier molecular flexibility index (Phi) is 6.38. The number of hydrogen-bond donors (Lipinski definition) is 1. The Balaban J connectivity index is 1.33. The van der Waals surface area contributed by atoms with Gasteiger partial charge in [-0.25, -0.2) is 4.98 Å². The van der Waals surface area contributed by atoms with E-state index in [2.05, 4.69) is 10.3 Å². The zero-order valence-electron chi connectivity index (χ0n) is 17.1. The van der Waals surface area contributed by atoms with Crippen molar-refractivity contribution in [2.75, 3.05) is 11.9 Å². The minimum atomic E-state index is -0.559. The SMILES string of the molecule is Cc1ccc(NC(=O)COC(=O)CCn2cnc3sc4c(c3c2=O)CCCC4)cc1Cl. The number of rotatable bonds is 6. The number of halogens is 1. The first-order chi connectivity index (χ1) is 14.9. The van der Waals surface area contributed by atoms with Crippen LogP contribution in [0.4, 0.5) is 5.69 Å². The van der Waals surface area contributed by atoms with Crippen molar-refractivity contribution in [3.05, 3.63) is 55.9 Å². The summed E-state index contributed by atoms with van der Waals surface area (Å²) in [4.78, 5) is 43.4. The summed E-state index contributed by atoms with van der Waals surface area (Å²) >= 11 is 7.63. The van der Waals surface area contributed by atoms with E-state index in [0.717, 1.165) is 41.6 Å². The molecule has 162 valence electrons. The lowest BCUT2D eigenvalue weighted by Crippen LogP contribution is -2.24. The lowest BCUT2D eigenvalue weighted by atomic mass is 9.97. The molecule has 1 aliphatic rings. The minimum absolute atomic E-state index is 0.0247. The molecule has 0 atom stereocenters. The minimum Gasteiger partial charge on any atom is -0.456 e. The van der Waals surface area contributed by atoms with Crippen molar-refractivity contribution >= 4 is 50.7 Å². The van der Waals surface area contributed by atoms with Crippen LogP contribution in [0.2, 0.25) is 5.02 Å². The maximum Gasteiger partial charge on any atom is 0.308 e. The highest BCUT2D eigenvalue weighted by Gasteiger charge is 2.20. The van der Waals surface area contributed by atoms with E-state index in [1.54, 1.807) is 29.5 Å². The van der Waals surface area contributed by atoms with Crippen molar-refractivity contribution < 1.29 is 14.3 Å². The molecular formula is C22H22ClN3O4S. The number of carbonyl (C=O) groups excluding carboxylic acids is 2. The Hall–Kier alpha value is -2.71. The van der Waals surface area contributed by atoms with Crippen molar-refractivity contribution in [3.8, 4) is 0 Å². The summed E-state index contributed by atoms with van der Waals surface area (Å²) in [5.74, 6) is -1.02. The van der Waals surface area contributed by atoms with E-state index in [9.17, 15) is 14.4 Å². The fraction of sp³-hybridized carbons (Fsp3) is 0.364. The number of benzene rings is 1. The molecule has 0 spiro atoms. The van der Waals surface area contributed by atoms with E-state index in [1.165, 1.54) is 15.8 Å². The molecule has 0 radical (unpaired) electrons. The van der Waals surface area contributed by atoms with Crippen LogP contribution in [-0.2, 0) is 33.7 Å². The van der Waals surface area contributed by atoms with Gasteiger partial charge in [0.05, 0.1) is 18.1 Å². The predicted molar refractivity (Wildman–Crippen MR) is 121 cm³/mol. The molecule has 0 fully saturated rings. The van der Waals surface area contributed by atoms with Gasteiger partial charge in [-0.15, -0.1) is 11.3 Å². The van der Waals surface area contributed by atoms with Gasteiger partial charge in [0.25, 0.3) is 11.5 Å². The zero-order valence-corrected chi connectivity index (χ0v) is 18.6. The second-order valence-electron chi connectivity index (χ2n) is 7.56. The number of amides is 1. The highest BCUT2D eigenvalue weighted by Crippen LogP contribution is 2.33. The Morgan fingerprint density at radius 1 is 1.29 bits per heavy atom. The Morgan fingerprint density at radius 2 is 2.10 bits per heavy atom. The molecule has 0 saturated heterocycles. The number of aromatic nitrogens is 2. The van der Waals surface area contributed by atoms with Crippen LogP contribution in [0.15, 0.2) is 29.3 Å². The summed E-state index contributed by atoms with van der Waals surface area (Å²) in [5.41, 5.74) is 2.43. The molecule has 2 heterocycles. The van der Waals surface area contributed by atoms with Crippen LogP contribution in [0, 0.1) is 6.92 Å². The van der Waals surface area contributed by atoms with Crippen LogP contribution in [0.1, 0.15) is 35.3 Å². The van der Waals surface area contributed by atoms with E-state index in [0.29, 0.717) is 16.1 Å². The molecule has 31 heavy (non-hydrogen) atoms. The van der Waals surface area contributed by atoms with E-state index in [-0.39, 0.29) is 18.5 Å². The number of nitrogens with one attached hydrogen (secondary N) is 1. The first-order valence-corrected chi connectivity index (χ1v) is 11.3. The van der Waals surface area contributed by atoms with Crippen molar-refractivity contribution in [2.45, 2.75) is 45.6 Å². The van der Waals surface area contributed by atoms with Crippen molar-refractivity contribution in [2.24, 2.45) is 0 Å². The zero-order chi connectivity index (χ0) is 22.0. The number of anilines is 1. The molecule has 4 rings (SSSR count). The van der Waals surface area contributed by atoms with Gasteiger partial charge in [-0.2, -0.15) is 0 Å². The van der Waals surface area contributed by atoms with Crippen molar-refractivity contribution in [1.29, 1.82) is 0 Å². The van der Waals surface area contributed by atoms with Gasteiger partial charge in [0, 0.05) is 22.1 Å². The fourth-order valence-electron chi connectivity index (χ4n) is 3.64. The standard InChI is InChI=1S/C22H22ClN3O4S/c1-13-6-7-14(10-16(13)23)25-18(27)11-30-19(28)8-9-26-12-24-21-20(22(26)29)15-4-2-3-5-17(15)31-21/h6-7,10,12H,2-5,8-9,11H2,1H3,(H,25,27). The summed E-state index contributed by atoms with van der Waals surface area (Å²) in [6.07, 6.45) is 5.58. The predicted octanol–water partition coefficient (Wildman–Crippen LogP) is 3.87. The molecule has 3 aromatic rings. The number of hydrogen-bond acceptors (Lipinski definition) is 6. The molecule has 1 aromatic carbocycles. The van der Waals surface area contributed by atoms with E-state index < -0.39 is 18.5 Å². The van der Waals surface area contributed by atoms with Crippen LogP contribution in [0.25, 0.3) is 10.2 Å². The lowest BCUT2D eigenvalue weighted by molar-refractivity contribution is -0.147. The fourth-order valence-corrected chi connectivity index (χ4v) is 5.04. The maximum absolute atomic E-state index is 12.9. The number of carbonyl (C=O) groups is 2. The van der Waals surface area contributed by atoms with Crippen molar-refractivity contribution in [1.82, 2.24) is 9.55 Å². The molecular weight excluding hydrogens is 438 g/mol. The van der Waals surface area contributed by atoms with Gasteiger partial charge in [-0.05, 0) is 55.9 Å². The topological polar surface area (TPSA) is 90.3 Å². The highest BCUT2D eigenvalue weighted by atomic mass is 35.5. The van der Waals surface area contributed by atoms with Crippen LogP contribution in [0.3, 0.4) is 0 Å². The number of esters is 1. The molecule has 1 amide bonds. The molecule has 1 N–H and O–H groups in total. The number of aryl methyl sites for hydroxylation is 4. The third-order valence-electron chi connectivity index (χ3n) is 5.32. The third-order valence-corrected chi connectivity index (χ3v) is 6.93. The summed E-state index contributed by atoms with van der Waals surface area (Å²) in [6.45, 7) is 1.61. The molecule has 0 bridgehead atoms. The smallest absolute Gasteiger partial charge is 0.308 e. The van der Waals surface area contributed by atoms with Gasteiger partial charge < -0.3 is 10.1 Å². The van der Waals surface area contributed by atoms with E-state index >= 15 is 0 Å². The van der Waals surface area contributed by atoms with Gasteiger partial charge in [-0.3, -0.25) is 19.0 Å². The molecule has 9 heteroatoms. The average molecular weight is 460 g/mol. The monoisotopic (exact) mass is 459 g/mol.